The number of esters is 1. The van der Waals surface area contributed by atoms with Crippen LogP contribution in [-0.4, -0.2) is 23.9 Å². The van der Waals surface area contributed by atoms with Crippen molar-refractivity contribution in [2.24, 2.45) is 4.99 Å². The van der Waals surface area contributed by atoms with Gasteiger partial charge in [0.25, 0.3) is 0 Å². The number of aromatic nitrogens is 1. The molecule has 0 atom stereocenters. The van der Waals surface area contributed by atoms with Gasteiger partial charge in [0.05, 0.1) is 18.4 Å². The van der Waals surface area contributed by atoms with E-state index in [-0.39, 0.29) is 5.97 Å². The Bertz CT molecular complexity index is 652. The van der Waals surface area contributed by atoms with Crippen LogP contribution in [0.3, 0.4) is 0 Å². The summed E-state index contributed by atoms with van der Waals surface area (Å²) in [6.45, 7) is 6.39. The molecule has 0 aliphatic carbocycles. The van der Waals surface area contributed by atoms with Gasteiger partial charge in [0.2, 0.25) is 0 Å². The normalized spacial score (nSPS) is 11.3. The van der Waals surface area contributed by atoms with E-state index in [9.17, 15) is 4.79 Å². The predicted octanol–water partition coefficient (Wildman–Crippen LogP) is 3.91. The molecule has 0 spiro atoms. The van der Waals surface area contributed by atoms with E-state index in [4.69, 9.17) is 0 Å². The van der Waals surface area contributed by atoms with Crippen molar-refractivity contribution in [1.29, 1.82) is 0 Å². The smallest absolute Gasteiger partial charge is 0.337 e. The number of rotatable bonds is 4. The van der Waals surface area contributed by atoms with E-state index in [0.717, 1.165) is 11.3 Å². The molecule has 4 nitrogen and oxygen atoms in total. The number of hydrogen-bond acceptors (Lipinski definition) is 3. The van der Waals surface area contributed by atoms with Crippen LogP contribution in [0.5, 0.6) is 0 Å². The minimum atomic E-state index is -0.338. The summed E-state index contributed by atoms with van der Waals surface area (Å²) >= 11 is 0. The molecular formula is C17H20N2O2. The second kappa shape index (κ2) is 6.39. The summed E-state index contributed by atoms with van der Waals surface area (Å²) < 4.78 is 6.87. The monoisotopic (exact) mass is 284 g/mol. The Hall–Kier alpha value is -2.36. The second-order valence-electron chi connectivity index (χ2n) is 5.21. The zero-order valence-electron chi connectivity index (χ0n) is 12.8. The van der Waals surface area contributed by atoms with Gasteiger partial charge < -0.3 is 9.30 Å². The molecule has 21 heavy (non-hydrogen) atoms. The van der Waals surface area contributed by atoms with Crippen LogP contribution in [0, 0.1) is 6.92 Å². The highest BCUT2D eigenvalue weighted by atomic mass is 16.5. The van der Waals surface area contributed by atoms with E-state index >= 15 is 0 Å². The third kappa shape index (κ3) is 3.60. The molecule has 1 aromatic heterocycles. The average Bonchev–Trinajstić information content (AvgIpc) is 2.86. The quantitative estimate of drug-likeness (QED) is 0.631. The molecule has 110 valence electrons. The van der Waals surface area contributed by atoms with Crippen LogP contribution in [0.4, 0.5) is 5.69 Å². The molecule has 0 fully saturated rings. The van der Waals surface area contributed by atoms with E-state index < -0.39 is 0 Å². The minimum absolute atomic E-state index is 0.338. The van der Waals surface area contributed by atoms with Crippen LogP contribution in [-0.2, 0) is 4.74 Å². The van der Waals surface area contributed by atoms with Crippen molar-refractivity contribution in [2.75, 3.05) is 7.11 Å². The Kier molecular flexibility index (Phi) is 4.58. The van der Waals surface area contributed by atoms with Gasteiger partial charge in [-0.25, -0.2) is 4.79 Å². The first-order chi connectivity index (χ1) is 10.0. The number of hydrogen-bond donors (Lipinski definition) is 0. The molecule has 1 heterocycles. The summed E-state index contributed by atoms with van der Waals surface area (Å²) in [5.74, 6) is -0.338. The summed E-state index contributed by atoms with van der Waals surface area (Å²) in [5.41, 5.74) is 3.61. The van der Waals surface area contributed by atoms with Gasteiger partial charge in [-0.05, 0) is 51.1 Å². The number of nitrogens with zero attached hydrogens (tertiary/aromatic N) is 2. The molecule has 2 aromatic rings. The molecule has 4 heteroatoms. The molecule has 0 bridgehead atoms. The maximum Gasteiger partial charge on any atom is 0.337 e. The third-order valence-corrected chi connectivity index (χ3v) is 3.28. The fourth-order valence-electron chi connectivity index (χ4n) is 2.19. The second-order valence-corrected chi connectivity index (χ2v) is 5.21. The fourth-order valence-corrected chi connectivity index (χ4v) is 2.19. The molecule has 0 aliphatic rings. The number of benzene rings is 1. The average molecular weight is 284 g/mol. The van der Waals surface area contributed by atoms with Gasteiger partial charge in [-0.15, -0.1) is 0 Å². The van der Waals surface area contributed by atoms with Gasteiger partial charge in [-0.2, -0.15) is 0 Å². The molecule has 0 unspecified atom stereocenters. The number of aryl methyl sites for hydroxylation is 1. The molecule has 0 saturated heterocycles. The fraction of sp³-hybridized carbons (Fsp3) is 0.294. The van der Waals surface area contributed by atoms with Crippen LogP contribution in [0.2, 0.25) is 0 Å². The van der Waals surface area contributed by atoms with Gasteiger partial charge in [0, 0.05) is 29.7 Å². The number of methoxy groups -OCH3 is 1. The van der Waals surface area contributed by atoms with E-state index in [1.807, 2.05) is 6.21 Å². The van der Waals surface area contributed by atoms with Gasteiger partial charge in [-0.3, -0.25) is 4.99 Å². The predicted molar refractivity (Wildman–Crippen MR) is 84.6 cm³/mol. The van der Waals surface area contributed by atoms with Crippen LogP contribution in [0.1, 0.15) is 41.5 Å². The molecule has 0 saturated carbocycles. The van der Waals surface area contributed by atoms with E-state index in [1.165, 1.54) is 12.8 Å². The van der Waals surface area contributed by atoms with Crippen LogP contribution < -0.4 is 0 Å². The summed E-state index contributed by atoms with van der Waals surface area (Å²) in [6.07, 6.45) is 3.92. The zero-order chi connectivity index (χ0) is 15.4. The standard InChI is InChI=1S/C17H20N2O2/c1-12(2)19-11-14(9-13(19)3)10-18-16-7-5-15(6-8-16)17(20)21-4/h5-12H,1-4H3. The Morgan fingerprint density at radius 1 is 1.29 bits per heavy atom. The summed E-state index contributed by atoms with van der Waals surface area (Å²) in [5, 5.41) is 0. The Morgan fingerprint density at radius 3 is 2.48 bits per heavy atom. The molecule has 0 radical (unpaired) electrons. The largest absolute Gasteiger partial charge is 0.465 e. The molecular weight excluding hydrogens is 264 g/mol. The Morgan fingerprint density at radius 2 is 1.95 bits per heavy atom. The maximum atomic E-state index is 11.3. The van der Waals surface area contributed by atoms with Gasteiger partial charge in [0.15, 0.2) is 0 Å². The highest BCUT2D eigenvalue weighted by molar-refractivity contribution is 5.90. The van der Waals surface area contributed by atoms with Crippen molar-refractivity contribution in [3.8, 4) is 0 Å². The van der Waals surface area contributed by atoms with Crippen LogP contribution >= 0.6 is 0 Å². The van der Waals surface area contributed by atoms with E-state index in [0.29, 0.717) is 11.6 Å². The molecule has 0 aliphatic heterocycles. The number of carbonyl (C=O) groups excluding carboxylic acids is 1. The molecule has 0 amide bonds. The highest BCUT2D eigenvalue weighted by Crippen LogP contribution is 2.16. The van der Waals surface area contributed by atoms with Crippen LogP contribution in [0.15, 0.2) is 41.5 Å². The Balaban J connectivity index is 2.14. The first kappa shape index (κ1) is 15.0. The van der Waals surface area contributed by atoms with Crippen LogP contribution in [0.25, 0.3) is 0 Å². The molecule has 0 N–H and O–H groups in total. The SMILES string of the molecule is COC(=O)c1ccc(N=Cc2cc(C)n(C(C)C)c2)cc1. The maximum absolute atomic E-state index is 11.3. The van der Waals surface area contributed by atoms with E-state index in [2.05, 4.69) is 47.3 Å². The minimum Gasteiger partial charge on any atom is -0.465 e. The lowest BCUT2D eigenvalue weighted by Crippen LogP contribution is -2.00. The lowest BCUT2D eigenvalue weighted by molar-refractivity contribution is 0.0601. The summed E-state index contributed by atoms with van der Waals surface area (Å²) in [6, 6.07) is 9.56. The Labute approximate surface area is 125 Å². The summed E-state index contributed by atoms with van der Waals surface area (Å²) in [4.78, 5) is 15.8. The van der Waals surface area contributed by atoms with Gasteiger partial charge in [-0.1, -0.05) is 0 Å². The summed E-state index contributed by atoms with van der Waals surface area (Å²) in [7, 11) is 1.37. The lowest BCUT2D eigenvalue weighted by atomic mass is 10.2. The van der Waals surface area contributed by atoms with Crippen molar-refractivity contribution in [3.63, 3.8) is 0 Å². The van der Waals surface area contributed by atoms with E-state index in [1.54, 1.807) is 24.3 Å². The highest BCUT2D eigenvalue weighted by Gasteiger charge is 2.05. The molecule has 1 aromatic carbocycles. The first-order valence-electron chi connectivity index (χ1n) is 6.92. The number of carbonyl (C=O) groups is 1. The topological polar surface area (TPSA) is 43.6 Å². The van der Waals surface area contributed by atoms with Crippen molar-refractivity contribution in [1.82, 2.24) is 4.57 Å². The zero-order valence-corrected chi connectivity index (χ0v) is 12.8. The number of aliphatic imine (C=N–C) groups is 1. The first-order valence-corrected chi connectivity index (χ1v) is 6.92. The lowest BCUT2D eigenvalue weighted by Gasteiger charge is -2.08. The van der Waals surface area contributed by atoms with Crippen molar-refractivity contribution in [2.45, 2.75) is 26.8 Å². The van der Waals surface area contributed by atoms with Gasteiger partial charge in [0.1, 0.15) is 0 Å². The number of ether oxygens (including phenoxy) is 1. The van der Waals surface area contributed by atoms with Gasteiger partial charge >= 0.3 is 5.97 Å². The van der Waals surface area contributed by atoms with Crippen molar-refractivity contribution in [3.05, 3.63) is 53.3 Å². The molecule has 2 rings (SSSR count). The third-order valence-electron chi connectivity index (χ3n) is 3.28. The van der Waals surface area contributed by atoms with Crippen molar-refractivity contribution >= 4 is 17.9 Å². The van der Waals surface area contributed by atoms with Crippen molar-refractivity contribution < 1.29 is 9.53 Å².